The lowest BCUT2D eigenvalue weighted by Crippen LogP contribution is -2.45. The Morgan fingerprint density at radius 1 is 0.917 bits per heavy atom. The van der Waals surface area contributed by atoms with Gasteiger partial charge in [-0.1, -0.05) is 74.0 Å². The van der Waals surface area contributed by atoms with Crippen molar-refractivity contribution in [2.75, 3.05) is 32.8 Å². The van der Waals surface area contributed by atoms with E-state index in [4.69, 9.17) is 5.11 Å². The maximum atomic E-state index is 8.07. The maximum absolute atomic E-state index is 8.07. The molecule has 1 aliphatic rings. The highest BCUT2D eigenvalue weighted by Gasteiger charge is 2.23. The summed E-state index contributed by atoms with van der Waals surface area (Å²) in [5.41, 5.74) is 2.77. The summed E-state index contributed by atoms with van der Waals surface area (Å²) in [5, 5.41) is 11.5. The van der Waals surface area contributed by atoms with Gasteiger partial charge in [-0.05, 0) is 17.5 Å². The molecule has 0 unspecified atom stereocenters. The molecule has 0 spiro atoms. The van der Waals surface area contributed by atoms with Crippen LogP contribution in [0.3, 0.4) is 0 Å². The van der Waals surface area contributed by atoms with Crippen molar-refractivity contribution in [1.82, 2.24) is 10.2 Å². The third-order valence-corrected chi connectivity index (χ3v) is 4.26. The molecule has 24 heavy (non-hydrogen) atoms. The lowest BCUT2D eigenvalue weighted by Gasteiger charge is -2.35. The van der Waals surface area contributed by atoms with Gasteiger partial charge in [-0.2, -0.15) is 0 Å². The molecule has 0 radical (unpaired) electrons. The first-order valence-corrected chi connectivity index (χ1v) is 9.02. The molecule has 1 heterocycles. The molecule has 0 aromatic heterocycles. The van der Waals surface area contributed by atoms with Crippen LogP contribution in [-0.4, -0.2) is 42.8 Å². The number of unbranched alkanes of at least 4 members (excludes halogenated alkanes) is 1. The van der Waals surface area contributed by atoms with E-state index in [9.17, 15) is 0 Å². The van der Waals surface area contributed by atoms with Crippen molar-refractivity contribution in [1.29, 1.82) is 0 Å². The number of aliphatic hydroxyl groups is 1. The molecule has 1 aliphatic heterocycles. The number of hydrogen-bond donors (Lipinski definition) is 2. The van der Waals surface area contributed by atoms with Gasteiger partial charge in [0, 0.05) is 32.8 Å². The fraction of sp³-hybridized carbons (Fsp3) is 0.429. The van der Waals surface area contributed by atoms with E-state index >= 15 is 0 Å². The quantitative estimate of drug-likeness (QED) is 0.883. The maximum Gasteiger partial charge on any atom is 0.0602 e. The van der Waals surface area contributed by atoms with Gasteiger partial charge in [-0.15, -0.1) is 0 Å². The Labute approximate surface area is 146 Å². The van der Waals surface area contributed by atoms with Gasteiger partial charge in [0.15, 0.2) is 0 Å². The predicted molar refractivity (Wildman–Crippen MR) is 101 cm³/mol. The molecule has 2 N–H and O–H groups in total. The Morgan fingerprint density at radius 2 is 1.42 bits per heavy atom. The van der Waals surface area contributed by atoms with Crippen LogP contribution < -0.4 is 5.32 Å². The van der Waals surface area contributed by atoms with E-state index in [0.29, 0.717) is 12.6 Å². The number of rotatable bonds is 5. The van der Waals surface area contributed by atoms with Crippen molar-refractivity contribution in [2.24, 2.45) is 0 Å². The van der Waals surface area contributed by atoms with Crippen molar-refractivity contribution in [3.8, 4) is 0 Å². The van der Waals surface area contributed by atoms with E-state index < -0.39 is 0 Å². The van der Waals surface area contributed by atoms with E-state index in [-0.39, 0.29) is 0 Å². The summed E-state index contributed by atoms with van der Waals surface area (Å²) in [7, 11) is 0. The van der Waals surface area contributed by atoms with Gasteiger partial charge >= 0.3 is 0 Å². The van der Waals surface area contributed by atoms with Crippen LogP contribution >= 0.6 is 0 Å². The van der Waals surface area contributed by atoms with Crippen molar-refractivity contribution >= 4 is 0 Å². The first kappa shape index (κ1) is 18.7. The lowest BCUT2D eigenvalue weighted by molar-refractivity contribution is 0.198. The highest BCUT2D eigenvalue weighted by molar-refractivity contribution is 5.31. The van der Waals surface area contributed by atoms with Crippen LogP contribution in [0.5, 0.6) is 0 Å². The number of nitrogens with zero attached hydrogens (tertiary/aromatic N) is 1. The molecule has 3 heteroatoms. The Kier molecular flexibility index (Phi) is 8.53. The fourth-order valence-electron chi connectivity index (χ4n) is 2.98. The number of benzene rings is 2. The van der Waals surface area contributed by atoms with Crippen molar-refractivity contribution in [3.05, 3.63) is 71.8 Å². The average Bonchev–Trinajstić information content (AvgIpc) is 2.66. The number of hydrogen-bond acceptors (Lipinski definition) is 3. The average molecular weight is 326 g/mol. The van der Waals surface area contributed by atoms with E-state index in [1.54, 1.807) is 0 Å². The van der Waals surface area contributed by atoms with Gasteiger partial charge in [0.2, 0.25) is 0 Å². The molecule has 3 rings (SSSR count). The van der Waals surface area contributed by atoms with E-state index in [1.807, 2.05) is 0 Å². The molecule has 130 valence electrons. The zero-order valence-corrected chi connectivity index (χ0v) is 14.7. The Hall–Kier alpha value is -1.68. The summed E-state index contributed by atoms with van der Waals surface area (Å²) in [4.78, 5) is 2.57. The zero-order valence-electron chi connectivity index (χ0n) is 14.7. The second-order valence-electron chi connectivity index (χ2n) is 6.09. The molecular formula is C21H30N2O. The first-order valence-electron chi connectivity index (χ1n) is 9.02. The lowest BCUT2D eigenvalue weighted by atomic mass is 9.96. The van der Waals surface area contributed by atoms with Crippen molar-refractivity contribution in [3.63, 3.8) is 0 Å². The molecular weight excluding hydrogens is 296 g/mol. The molecule has 3 nitrogen and oxygen atoms in total. The molecule has 1 saturated heterocycles. The van der Waals surface area contributed by atoms with Crippen LogP contribution in [0.15, 0.2) is 60.7 Å². The minimum Gasteiger partial charge on any atom is -0.396 e. The molecule has 0 amide bonds. The largest absolute Gasteiger partial charge is 0.396 e. The summed E-state index contributed by atoms with van der Waals surface area (Å²) < 4.78 is 0. The van der Waals surface area contributed by atoms with Crippen LogP contribution in [0.25, 0.3) is 0 Å². The van der Waals surface area contributed by atoms with Gasteiger partial charge in [-0.25, -0.2) is 0 Å². The molecule has 2 aromatic carbocycles. The zero-order chi connectivity index (χ0) is 17.0. The summed E-state index contributed by atoms with van der Waals surface area (Å²) in [6, 6.07) is 22.0. The monoisotopic (exact) mass is 326 g/mol. The first-order chi connectivity index (χ1) is 11.9. The fourth-order valence-corrected chi connectivity index (χ4v) is 2.98. The Bertz CT molecular complexity index is 497. The third-order valence-electron chi connectivity index (χ3n) is 4.26. The van der Waals surface area contributed by atoms with E-state index in [1.165, 1.54) is 11.1 Å². The van der Waals surface area contributed by atoms with E-state index in [2.05, 4.69) is 77.8 Å². The summed E-state index contributed by atoms with van der Waals surface area (Å²) in [6.45, 7) is 6.77. The van der Waals surface area contributed by atoms with Gasteiger partial charge in [-0.3, -0.25) is 4.90 Å². The smallest absolute Gasteiger partial charge is 0.0602 e. The van der Waals surface area contributed by atoms with Crippen LogP contribution in [0.1, 0.15) is 36.9 Å². The Balaban J connectivity index is 0.000000368. The standard InChI is InChI=1S/C17H20N2.C4H10O/c1-3-7-15(8-4-1)17(16-9-5-2-6-10-16)19-13-11-18-12-14-19;1-2-3-4-5/h1-10,17-18H,11-14H2;5H,2-4H2,1H3. The van der Waals surface area contributed by atoms with Gasteiger partial charge in [0.05, 0.1) is 6.04 Å². The third kappa shape index (κ3) is 5.75. The summed E-state index contributed by atoms with van der Waals surface area (Å²) in [5.74, 6) is 0. The van der Waals surface area contributed by atoms with E-state index in [0.717, 1.165) is 39.0 Å². The molecule has 0 saturated carbocycles. The summed E-state index contributed by atoms with van der Waals surface area (Å²) in [6.07, 6.45) is 2.04. The molecule has 0 atom stereocenters. The van der Waals surface area contributed by atoms with Gasteiger partial charge in [0.25, 0.3) is 0 Å². The second-order valence-corrected chi connectivity index (χ2v) is 6.09. The number of nitrogens with one attached hydrogen (secondary N) is 1. The summed E-state index contributed by atoms with van der Waals surface area (Å²) >= 11 is 0. The van der Waals surface area contributed by atoms with Crippen molar-refractivity contribution in [2.45, 2.75) is 25.8 Å². The highest BCUT2D eigenvalue weighted by Crippen LogP contribution is 2.28. The molecule has 2 aromatic rings. The second kappa shape index (κ2) is 11.0. The Morgan fingerprint density at radius 3 is 1.79 bits per heavy atom. The molecule has 0 bridgehead atoms. The SMILES string of the molecule is CCCCO.c1ccc(C(c2ccccc2)N2CCNCC2)cc1. The van der Waals surface area contributed by atoms with Gasteiger partial charge < -0.3 is 10.4 Å². The molecule has 0 aliphatic carbocycles. The number of aliphatic hydroxyl groups excluding tert-OH is 1. The van der Waals surface area contributed by atoms with Crippen LogP contribution in [-0.2, 0) is 0 Å². The number of piperazine rings is 1. The normalized spacial score (nSPS) is 15.0. The van der Waals surface area contributed by atoms with Crippen molar-refractivity contribution < 1.29 is 5.11 Å². The molecule has 1 fully saturated rings. The van der Waals surface area contributed by atoms with Crippen LogP contribution in [0, 0.1) is 0 Å². The topological polar surface area (TPSA) is 35.5 Å². The minimum atomic E-state index is 0.344. The highest BCUT2D eigenvalue weighted by atomic mass is 16.2. The minimum absolute atomic E-state index is 0.344. The van der Waals surface area contributed by atoms with Crippen LogP contribution in [0.2, 0.25) is 0 Å². The predicted octanol–water partition coefficient (Wildman–Crippen LogP) is 3.46. The van der Waals surface area contributed by atoms with Gasteiger partial charge in [0.1, 0.15) is 0 Å². The van der Waals surface area contributed by atoms with Crippen LogP contribution in [0.4, 0.5) is 0 Å².